The standard InChI is InChI=1S/C17H16ClFN2O4S/c1-3-25-16(23)10-6-21(7-14-20-17(2,24)8-26-14)13-5-11(18)12(19)4-9(13)15(10)22/h4-6,24H,3,7-8H2,1-2H3. The van der Waals surface area contributed by atoms with E-state index in [0.717, 1.165) is 6.07 Å². The van der Waals surface area contributed by atoms with Crippen LogP contribution in [0.2, 0.25) is 5.02 Å². The smallest absolute Gasteiger partial charge is 0.343 e. The van der Waals surface area contributed by atoms with Gasteiger partial charge in [-0.05, 0) is 26.0 Å². The van der Waals surface area contributed by atoms with Gasteiger partial charge in [0.1, 0.15) is 11.4 Å². The molecule has 0 aliphatic carbocycles. The minimum atomic E-state index is -1.16. The number of esters is 1. The number of rotatable bonds is 4. The van der Waals surface area contributed by atoms with Crippen LogP contribution in [0.15, 0.2) is 28.1 Å². The van der Waals surface area contributed by atoms with Crippen molar-refractivity contribution in [3.05, 3.63) is 45.0 Å². The predicted molar refractivity (Wildman–Crippen MR) is 99.6 cm³/mol. The molecule has 1 aromatic heterocycles. The van der Waals surface area contributed by atoms with E-state index in [0.29, 0.717) is 16.3 Å². The van der Waals surface area contributed by atoms with E-state index in [2.05, 4.69) is 4.99 Å². The van der Waals surface area contributed by atoms with E-state index in [1.54, 1.807) is 18.4 Å². The predicted octanol–water partition coefficient (Wildman–Crippen LogP) is 2.82. The van der Waals surface area contributed by atoms with Gasteiger partial charge in [-0.25, -0.2) is 14.2 Å². The highest BCUT2D eigenvalue weighted by atomic mass is 35.5. The summed E-state index contributed by atoms with van der Waals surface area (Å²) in [6.07, 6.45) is 1.35. The maximum Gasteiger partial charge on any atom is 0.343 e. The quantitative estimate of drug-likeness (QED) is 0.801. The number of carbonyl (C=O) groups excluding carboxylic acids is 1. The SMILES string of the molecule is CCOC(=O)c1cn(CC2=NC(C)(O)CS2)c2cc(Cl)c(F)cc2c1=O. The van der Waals surface area contributed by atoms with Crippen LogP contribution in [-0.4, -0.2) is 38.8 Å². The average Bonchev–Trinajstić information content (AvgIpc) is 2.91. The fraction of sp³-hybridized carbons (Fsp3) is 0.353. The number of aromatic nitrogens is 1. The first-order valence-electron chi connectivity index (χ1n) is 7.85. The first kappa shape index (κ1) is 18.9. The number of aliphatic hydroxyl groups is 1. The number of pyridine rings is 1. The summed E-state index contributed by atoms with van der Waals surface area (Å²) in [5.74, 6) is -1.13. The van der Waals surface area contributed by atoms with E-state index in [1.165, 1.54) is 24.0 Å². The molecule has 0 radical (unpaired) electrons. The molecule has 1 atom stereocenters. The van der Waals surface area contributed by atoms with Crippen LogP contribution in [0.4, 0.5) is 4.39 Å². The Labute approximate surface area is 157 Å². The number of ether oxygens (including phenoxy) is 1. The van der Waals surface area contributed by atoms with Crippen LogP contribution in [0, 0.1) is 5.82 Å². The molecular weight excluding hydrogens is 383 g/mol. The Morgan fingerprint density at radius 1 is 1.54 bits per heavy atom. The molecule has 2 aromatic rings. The molecule has 0 saturated heterocycles. The third-order valence-electron chi connectivity index (χ3n) is 3.80. The Kier molecular flexibility index (Phi) is 5.09. The zero-order chi connectivity index (χ0) is 19.1. The first-order chi connectivity index (χ1) is 12.2. The zero-order valence-electron chi connectivity index (χ0n) is 14.1. The monoisotopic (exact) mass is 398 g/mol. The van der Waals surface area contributed by atoms with E-state index in [1.807, 2.05) is 0 Å². The number of hydrogen-bond donors (Lipinski definition) is 1. The van der Waals surface area contributed by atoms with Crippen molar-refractivity contribution in [1.82, 2.24) is 4.57 Å². The van der Waals surface area contributed by atoms with Gasteiger partial charge in [-0.1, -0.05) is 11.6 Å². The van der Waals surface area contributed by atoms with Gasteiger partial charge in [0.2, 0.25) is 5.43 Å². The summed E-state index contributed by atoms with van der Waals surface area (Å²) in [6, 6.07) is 2.35. The molecule has 9 heteroatoms. The summed E-state index contributed by atoms with van der Waals surface area (Å²) in [7, 11) is 0. The van der Waals surface area contributed by atoms with Gasteiger partial charge in [-0.2, -0.15) is 0 Å². The van der Waals surface area contributed by atoms with Crippen LogP contribution in [-0.2, 0) is 11.3 Å². The van der Waals surface area contributed by atoms with Crippen molar-refractivity contribution in [2.45, 2.75) is 26.1 Å². The first-order valence-corrected chi connectivity index (χ1v) is 9.21. The highest BCUT2D eigenvalue weighted by Crippen LogP contribution is 2.27. The highest BCUT2D eigenvalue weighted by molar-refractivity contribution is 8.14. The normalized spacial score (nSPS) is 19.7. The molecule has 3 rings (SSSR count). The van der Waals surface area contributed by atoms with Crippen molar-refractivity contribution < 1.29 is 19.0 Å². The van der Waals surface area contributed by atoms with Crippen LogP contribution < -0.4 is 5.43 Å². The molecule has 1 aromatic carbocycles. The van der Waals surface area contributed by atoms with Gasteiger partial charge < -0.3 is 14.4 Å². The second-order valence-electron chi connectivity index (χ2n) is 6.01. The minimum absolute atomic E-state index is 0.0211. The molecule has 0 amide bonds. The maximum absolute atomic E-state index is 13.9. The van der Waals surface area contributed by atoms with Gasteiger partial charge in [0.05, 0.1) is 28.7 Å². The topological polar surface area (TPSA) is 80.9 Å². The molecule has 0 saturated carbocycles. The molecule has 1 N–H and O–H groups in total. The molecule has 1 aliphatic rings. The number of carbonyl (C=O) groups is 1. The Morgan fingerprint density at radius 3 is 2.88 bits per heavy atom. The Morgan fingerprint density at radius 2 is 2.27 bits per heavy atom. The third-order valence-corrected chi connectivity index (χ3v) is 5.34. The van der Waals surface area contributed by atoms with Crippen molar-refractivity contribution in [3.8, 4) is 0 Å². The van der Waals surface area contributed by atoms with Crippen molar-refractivity contribution >= 4 is 45.3 Å². The second-order valence-corrected chi connectivity index (χ2v) is 7.47. The lowest BCUT2D eigenvalue weighted by atomic mass is 10.1. The zero-order valence-corrected chi connectivity index (χ0v) is 15.7. The number of fused-ring (bicyclic) bond motifs is 1. The van der Waals surface area contributed by atoms with Crippen LogP contribution in [0.25, 0.3) is 10.9 Å². The van der Waals surface area contributed by atoms with Gasteiger partial charge in [-0.3, -0.25) is 4.79 Å². The molecule has 0 bridgehead atoms. The van der Waals surface area contributed by atoms with Crippen molar-refractivity contribution in [1.29, 1.82) is 0 Å². The van der Waals surface area contributed by atoms with Gasteiger partial charge >= 0.3 is 5.97 Å². The summed E-state index contributed by atoms with van der Waals surface area (Å²) in [5.41, 5.74) is -1.62. The van der Waals surface area contributed by atoms with E-state index in [4.69, 9.17) is 16.3 Å². The number of thioether (sulfide) groups is 1. The summed E-state index contributed by atoms with van der Waals surface area (Å²) < 4.78 is 20.4. The van der Waals surface area contributed by atoms with Crippen molar-refractivity contribution in [2.75, 3.05) is 12.4 Å². The summed E-state index contributed by atoms with van der Waals surface area (Å²) in [6.45, 7) is 3.53. The largest absolute Gasteiger partial charge is 0.462 e. The van der Waals surface area contributed by atoms with E-state index < -0.39 is 22.9 Å². The van der Waals surface area contributed by atoms with E-state index >= 15 is 0 Å². The van der Waals surface area contributed by atoms with Gasteiger partial charge in [0.15, 0.2) is 5.72 Å². The fourth-order valence-corrected chi connectivity index (χ4v) is 3.80. The molecule has 2 heterocycles. The van der Waals surface area contributed by atoms with Gasteiger partial charge in [0, 0.05) is 17.3 Å². The molecule has 1 unspecified atom stereocenters. The van der Waals surface area contributed by atoms with Crippen molar-refractivity contribution in [2.24, 2.45) is 4.99 Å². The summed E-state index contributed by atoms with van der Waals surface area (Å²) in [5, 5.41) is 10.5. The van der Waals surface area contributed by atoms with E-state index in [9.17, 15) is 19.1 Å². The Bertz CT molecular complexity index is 987. The van der Waals surface area contributed by atoms with Gasteiger partial charge in [0.25, 0.3) is 0 Å². The lowest BCUT2D eigenvalue weighted by Gasteiger charge is -2.13. The molecule has 0 fully saturated rings. The van der Waals surface area contributed by atoms with Gasteiger partial charge in [-0.15, -0.1) is 11.8 Å². The maximum atomic E-state index is 13.9. The molecule has 138 valence electrons. The lowest BCUT2D eigenvalue weighted by molar-refractivity contribution is 0.0524. The Balaban J connectivity index is 2.19. The molecule has 0 spiro atoms. The van der Waals surface area contributed by atoms with E-state index in [-0.39, 0.29) is 29.1 Å². The number of aliphatic imine (C=N–C) groups is 1. The number of halogens is 2. The van der Waals surface area contributed by atoms with Crippen LogP contribution >= 0.6 is 23.4 Å². The summed E-state index contributed by atoms with van der Waals surface area (Å²) >= 11 is 7.24. The molecule has 6 nitrogen and oxygen atoms in total. The van der Waals surface area contributed by atoms with Crippen LogP contribution in [0.5, 0.6) is 0 Å². The second kappa shape index (κ2) is 7.02. The van der Waals surface area contributed by atoms with Crippen LogP contribution in [0.3, 0.4) is 0 Å². The third kappa shape index (κ3) is 3.62. The molecular formula is C17H16ClFN2O4S. The van der Waals surface area contributed by atoms with Crippen LogP contribution in [0.1, 0.15) is 24.2 Å². The number of hydrogen-bond acceptors (Lipinski definition) is 6. The minimum Gasteiger partial charge on any atom is -0.462 e. The summed E-state index contributed by atoms with van der Waals surface area (Å²) in [4.78, 5) is 28.9. The Hall–Kier alpha value is -1.90. The fourth-order valence-electron chi connectivity index (χ4n) is 2.65. The lowest BCUT2D eigenvalue weighted by Crippen LogP contribution is -2.22. The average molecular weight is 399 g/mol. The van der Waals surface area contributed by atoms with Crippen molar-refractivity contribution in [3.63, 3.8) is 0 Å². The molecule has 26 heavy (non-hydrogen) atoms. The highest BCUT2D eigenvalue weighted by Gasteiger charge is 2.28. The number of benzene rings is 1. The number of nitrogens with zero attached hydrogens (tertiary/aromatic N) is 2. The molecule has 1 aliphatic heterocycles.